The van der Waals surface area contributed by atoms with Gasteiger partial charge in [-0.15, -0.1) is 0 Å². The molecule has 2 saturated heterocycles. The Morgan fingerprint density at radius 1 is 1.08 bits per heavy atom. The van der Waals surface area contributed by atoms with E-state index in [1.807, 2.05) is 13.0 Å². The summed E-state index contributed by atoms with van der Waals surface area (Å²) in [6, 6.07) is 0.121. The number of cyclic esters (lactones) is 1. The zero-order valence-electron chi connectivity index (χ0n) is 24.2. The van der Waals surface area contributed by atoms with Crippen molar-refractivity contribution >= 4 is 27.7 Å². The van der Waals surface area contributed by atoms with Crippen LogP contribution in [0.1, 0.15) is 92.4 Å². The second-order valence-electron chi connectivity index (χ2n) is 13.1. The fraction of sp³-hybridized carbons (Fsp3) is 0.750. The van der Waals surface area contributed by atoms with Crippen molar-refractivity contribution in [2.45, 2.75) is 127 Å². The molecule has 2 fully saturated rings. The molecule has 0 aromatic carbocycles. The number of fused-ring (bicyclic) bond motifs is 5. The number of hydrogen-bond acceptors (Lipinski definition) is 6. The van der Waals surface area contributed by atoms with E-state index < -0.39 is 11.5 Å². The lowest BCUT2D eigenvalue weighted by atomic mass is 9.58. The molecule has 4 heterocycles. The van der Waals surface area contributed by atoms with Gasteiger partial charge in [-0.2, -0.15) is 0 Å². The van der Waals surface area contributed by atoms with Gasteiger partial charge in [0, 0.05) is 29.4 Å². The quantitative estimate of drug-likeness (QED) is 0.226. The van der Waals surface area contributed by atoms with Gasteiger partial charge in [-0.05, 0) is 109 Å². The van der Waals surface area contributed by atoms with E-state index >= 15 is 0 Å². The third-order valence-electron chi connectivity index (χ3n) is 10.6. The highest BCUT2D eigenvalue weighted by Gasteiger charge is 2.51. The Kier molecular flexibility index (Phi) is 8.38. The normalized spacial score (nSPS) is 45.4. The van der Waals surface area contributed by atoms with Crippen LogP contribution in [-0.2, 0) is 19.1 Å². The molecule has 216 valence electrons. The van der Waals surface area contributed by atoms with Crippen LogP contribution in [0.25, 0.3) is 0 Å². The number of ketones is 1. The number of alkyl halides is 1. The highest BCUT2D eigenvalue weighted by molar-refractivity contribution is 9.10. The molecule has 0 amide bonds. The molecule has 0 unspecified atom stereocenters. The minimum Gasteiger partial charge on any atom is -0.450 e. The molecule has 7 heteroatoms. The SMILES string of the molecule is CC1=C[C@@H](C2=C(C)[C@@H]3/C=C(/C)[C@@H](O)CC[C@@H]4C[C@@H](C)[C@@H](O4)[C@@](C)(Br)[C@@H]4CCC(=O)[C@@]3(CCCN4)CC2)OC1=O. The zero-order chi connectivity index (χ0) is 28.1. The monoisotopic (exact) mass is 603 g/mol. The lowest BCUT2D eigenvalue weighted by Gasteiger charge is -2.45. The van der Waals surface area contributed by atoms with Gasteiger partial charge in [-0.25, -0.2) is 4.79 Å². The Morgan fingerprint density at radius 3 is 2.56 bits per heavy atom. The number of aliphatic hydroxyl groups excluding tert-OH is 1. The fourth-order valence-electron chi connectivity index (χ4n) is 8.16. The Morgan fingerprint density at radius 2 is 1.85 bits per heavy atom. The molecule has 5 aliphatic rings. The summed E-state index contributed by atoms with van der Waals surface area (Å²) in [5, 5.41) is 15.1. The highest BCUT2D eigenvalue weighted by atomic mass is 79.9. The Balaban J connectivity index is 1.58. The molecule has 0 saturated carbocycles. The van der Waals surface area contributed by atoms with Crippen molar-refractivity contribution in [3.05, 3.63) is 34.4 Å². The largest absolute Gasteiger partial charge is 0.450 e. The molecule has 4 bridgehead atoms. The van der Waals surface area contributed by atoms with Gasteiger partial charge in [0.1, 0.15) is 11.9 Å². The lowest BCUT2D eigenvalue weighted by molar-refractivity contribution is -0.139. The van der Waals surface area contributed by atoms with Crippen LogP contribution < -0.4 is 5.32 Å². The third-order valence-corrected chi connectivity index (χ3v) is 11.6. The van der Waals surface area contributed by atoms with Crippen LogP contribution in [0.4, 0.5) is 0 Å². The van der Waals surface area contributed by atoms with Crippen molar-refractivity contribution in [1.29, 1.82) is 0 Å². The molecule has 1 aliphatic carbocycles. The number of ether oxygens (including phenoxy) is 2. The van der Waals surface area contributed by atoms with Crippen LogP contribution >= 0.6 is 15.9 Å². The third kappa shape index (κ3) is 5.38. The standard InChI is InChI=1S/C32H46BrNO5/c1-18-16-24-21(4)23(26-17-20(3)30(37)39-26)11-13-32(24)12-6-14-34-27(9-10-28(32)36)31(5,33)29-19(2)15-22(38-29)7-8-25(18)35/h16-17,19,22,24-27,29,34-35H,6-15H2,1-5H3/b18-16-/t19-,22-,24+,25+,26+,27+,29-,31+,32+/m1/s1. The molecule has 6 nitrogen and oxygen atoms in total. The van der Waals surface area contributed by atoms with Gasteiger partial charge in [0.2, 0.25) is 0 Å². The van der Waals surface area contributed by atoms with Gasteiger partial charge in [0.15, 0.2) is 0 Å². The van der Waals surface area contributed by atoms with Gasteiger partial charge in [0.25, 0.3) is 0 Å². The zero-order valence-corrected chi connectivity index (χ0v) is 25.8. The maximum atomic E-state index is 14.4. The van der Waals surface area contributed by atoms with Crippen LogP contribution in [0.3, 0.4) is 0 Å². The van der Waals surface area contributed by atoms with Gasteiger partial charge in [0.05, 0.1) is 22.6 Å². The van der Waals surface area contributed by atoms with Crippen LogP contribution in [0.15, 0.2) is 34.4 Å². The summed E-state index contributed by atoms with van der Waals surface area (Å²) >= 11 is 4.10. The molecule has 0 radical (unpaired) electrons. The van der Waals surface area contributed by atoms with Crippen molar-refractivity contribution in [3.63, 3.8) is 0 Å². The maximum Gasteiger partial charge on any atom is 0.334 e. The summed E-state index contributed by atoms with van der Waals surface area (Å²) in [5.41, 5.74) is 3.28. The molecule has 1 spiro atoms. The summed E-state index contributed by atoms with van der Waals surface area (Å²) in [6.07, 6.45) is 10.2. The minimum absolute atomic E-state index is 0.0459. The summed E-state index contributed by atoms with van der Waals surface area (Å²) in [5.74, 6) is 0.337. The average molecular weight is 605 g/mol. The number of esters is 1. The fourth-order valence-corrected chi connectivity index (χ4v) is 9.11. The summed E-state index contributed by atoms with van der Waals surface area (Å²) in [4.78, 5) is 26.6. The molecular weight excluding hydrogens is 558 g/mol. The Bertz CT molecular complexity index is 1090. The highest BCUT2D eigenvalue weighted by Crippen LogP contribution is 2.52. The predicted octanol–water partition coefficient (Wildman–Crippen LogP) is 5.72. The molecule has 9 atom stereocenters. The first kappa shape index (κ1) is 29.2. The number of allylic oxidation sites excluding steroid dienone is 2. The topological polar surface area (TPSA) is 84.9 Å². The second kappa shape index (κ2) is 11.2. The molecule has 4 aliphatic heterocycles. The Labute approximate surface area is 242 Å². The van der Waals surface area contributed by atoms with Crippen molar-refractivity contribution in [2.75, 3.05) is 6.54 Å². The molecule has 5 rings (SSSR count). The van der Waals surface area contributed by atoms with E-state index in [1.54, 1.807) is 6.92 Å². The van der Waals surface area contributed by atoms with Gasteiger partial charge in [-0.1, -0.05) is 34.5 Å². The number of hydrogen-bond donors (Lipinski definition) is 2. The second-order valence-corrected chi connectivity index (χ2v) is 14.8. The van der Waals surface area contributed by atoms with E-state index in [9.17, 15) is 14.7 Å². The first-order valence-electron chi connectivity index (χ1n) is 15.0. The van der Waals surface area contributed by atoms with E-state index in [0.717, 1.165) is 68.2 Å². The van der Waals surface area contributed by atoms with Crippen molar-refractivity contribution < 1.29 is 24.2 Å². The number of Topliss-reactive ketones (excluding diaryl/α,β-unsaturated/α-hetero) is 1. The Hall–Kier alpha value is -1.28. The van der Waals surface area contributed by atoms with Gasteiger partial charge < -0.3 is 19.9 Å². The number of halogens is 1. The number of nitrogens with one attached hydrogen (secondary N) is 1. The first-order chi connectivity index (χ1) is 18.4. The number of carbonyl (C=O) groups is 2. The van der Waals surface area contributed by atoms with Crippen molar-refractivity contribution in [3.8, 4) is 0 Å². The van der Waals surface area contributed by atoms with E-state index in [4.69, 9.17) is 9.47 Å². The summed E-state index contributed by atoms with van der Waals surface area (Å²) < 4.78 is 12.1. The van der Waals surface area contributed by atoms with Gasteiger partial charge >= 0.3 is 5.97 Å². The molecule has 0 aromatic heterocycles. The van der Waals surface area contributed by atoms with Gasteiger partial charge in [-0.3, -0.25) is 4.79 Å². The van der Waals surface area contributed by atoms with Crippen LogP contribution in [-0.4, -0.2) is 58.2 Å². The number of aliphatic hydroxyl groups is 1. The maximum absolute atomic E-state index is 14.4. The van der Waals surface area contributed by atoms with Crippen LogP contribution in [0.5, 0.6) is 0 Å². The molecule has 2 N–H and O–H groups in total. The number of rotatable bonds is 1. The smallest absolute Gasteiger partial charge is 0.334 e. The first-order valence-corrected chi connectivity index (χ1v) is 15.8. The summed E-state index contributed by atoms with van der Waals surface area (Å²) in [7, 11) is 0. The van der Waals surface area contributed by atoms with Crippen LogP contribution in [0, 0.1) is 17.3 Å². The van der Waals surface area contributed by atoms with Crippen LogP contribution in [0.2, 0.25) is 0 Å². The molecule has 0 aromatic rings. The average Bonchev–Trinajstić information content (AvgIpc) is 3.45. The van der Waals surface area contributed by atoms with E-state index in [2.05, 4.69) is 48.1 Å². The van der Waals surface area contributed by atoms with E-state index in [-0.39, 0.29) is 40.6 Å². The molecule has 39 heavy (non-hydrogen) atoms. The summed E-state index contributed by atoms with van der Waals surface area (Å²) in [6.45, 7) is 11.3. The lowest BCUT2D eigenvalue weighted by Crippen LogP contribution is -2.53. The van der Waals surface area contributed by atoms with E-state index in [1.165, 1.54) is 0 Å². The van der Waals surface area contributed by atoms with Crippen molar-refractivity contribution in [1.82, 2.24) is 5.32 Å². The van der Waals surface area contributed by atoms with Crippen molar-refractivity contribution in [2.24, 2.45) is 17.3 Å². The number of carbonyl (C=O) groups excluding carboxylic acids is 2. The predicted molar refractivity (Wildman–Crippen MR) is 156 cm³/mol. The minimum atomic E-state index is -0.580. The molecular formula is C32H46BrNO5. The van der Waals surface area contributed by atoms with E-state index in [0.29, 0.717) is 30.1 Å².